The molecule has 0 radical (unpaired) electrons. The molecule has 0 bridgehead atoms. The van der Waals surface area contributed by atoms with Gasteiger partial charge in [0.15, 0.2) is 0 Å². The SMILES string of the molecule is COc1cc(OCCSC)ccc1NC(=O)[C@@H]1N[C@@H](CC(C)(C)C)[C@@]2(C(=O)Nc3cc(Cl)ccc32)[C@H]1c1cccc(Cl)c1F. The van der Waals surface area contributed by atoms with Gasteiger partial charge in [-0.25, -0.2) is 4.39 Å². The Morgan fingerprint density at radius 3 is 2.61 bits per heavy atom. The van der Waals surface area contributed by atoms with Crippen LogP contribution in [0.25, 0.3) is 0 Å². The van der Waals surface area contributed by atoms with Crippen LogP contribution in [0.5, 0.6) is 11.5 Å². The van der Waals surface area contributed by atoms with Gasteiger partial charge in [0, 0.05) is 34.5 Å². The molecule has 44 heavy (non-hydrogen) atoms. The highest BCUT2D eigenvalue weighted by Gasteiger charge is 2.66. The molecule has 2 aliphatic heterocycles. The Hall–Kier alpha value is -2.98. The van der Waals surface area contributed by atoms with Crippen molar-refractivity contribution in [3.8, 4) is 11.5 Å². The van der Waals surface area contributed by atoms with Crippen molar-refractivity contribution in [2.45, 2.75) is 50.6 Å². The van der Waals surface area contributed by atoms with E-state index in [-0.39, 0.29) is 21.9 Å². The second-order valence-corrected chi connectivity index (χ2v) is 14.1. The predicted molar refractivity (Wildman–Crippen MR) is 176 cm³/mol. The number of carbonyl (C=O) groups is 2. The molecule has 3 aromatic rings. The highest BCUT2D eigenvalue weighted by Crippen LogP contribution is 2.57. The van der Waals surface area contributed by atoms with Crippen molar-refractivity contribution >= 4 is 58.2 Å². The van der Waals surface area contributed by atoms with Crippen LogP contribution in [0.1, 0.15) is 44.2 Å². The molecule has 0 saturated carbocycles. The minimum Gasteiger partial charge on any atom is -0.494 e. The number of nitrogens with one attached hydrogen (secondary N) is 3. The minimum atomic E-state index is -1.35. The van der Waals surface area contributed by atoms with Crippen molar-refractivity contribution in [2.24, 2.45) is 5.41 Å². The fraction of sp³-hybridized carbons (Fsp3) is 0.394. The van der Waals surface area contributed by atoms with Gasteiger partial charge in [-0.3, -0.25) is 9.59 Å². The van der Waals surface area contributed by atoms with E-state index in [4.69, 9.17) is 32.7 Å². The summed E-state index contributed by atoms with van der Waals surface area (Å²) in [4.78, 5) is 28.6. The van der Waals surface area contributed by atoms with Gasteiger partial charge >= 0.3 is 0 Å². The minimum absolute atomic E-state index is 0.0930. The van der Waals surface area contributed by atoms with Crippen LogP contribution in [0.4, 0.5) is 15.8 Å². The smallest absolute Gasteiger partial charge is 0.242 e. The summed E-state index contributed by atoms with van der Waals surface area (Å²) < 4.78 is 27.4. The van der Waals surface area contributed by atoms with Gasteiger partial charge in [-0.05, 0) is 59.6 Å². The first-order valence-corrected chi connectivity index (χ1v) is 16.5. The number of amides is 2. The summed E-state index contributed by atoms with van der Waals surface area (Å²) in [7, 11) is 1.51. The Kier molecular flexibility index (Phi) is 9.42. The third-order valence-corrected chi connectivity index (χ3v) is 9.31. The van der Waals surface area contributed by atoms with Gasteiger partial charge in [-0.2, -0.15) is 11.8 Å². The van der Waals surface area contributed by atoms with Gasteiger partial charge in [-0.1, -0.05) is 62.2 Å². The molecule has 1 saturated heterocycles. The van der Waals surface area contributed by atoms with E-state index < -0.39 is 35.1 Å². The number of ether oxygens (including phenoxy) is 2. The number of thioether (sulfide) groups is 1. The Balaban J connectivity index is 1.63. The van der Waals surface area contributed by atoms with E-state index in [9.17, 15) is 9.59 Å². The summed E-state index contributed by atoms with van der Waals surface area (Å²) in [5.74, 6) is -0.576. The molecule has 11 heteroatoms. The fourth-order valence-electron chi connectivity index (χ4n) is 6.47. The molecule has 4 atom stereocenters. The summed E-state index contributed by atoms with van der Waals surface area (Å²) in [6, 6.07) is 13.5. The van der Waals surface area contributed by atoms with Crippen molar-refractivity contribution in [3.05, 3.63) is 81.6 Å². The Morgan fingerprint density at radius 2 is 1.91 bits per heavy atom. The molecule has 1 fully saturated rings. The third kappa shape index (κ3) is 5.99. The van der Waals surface area contributed by atoms with Gasteiger partial charge in [0.25, 0.3) is 0 Å². The number of rotatable bonds is 9. The van der Waals surface area contributed by atoms with Gasteiger partial charge in [0.2, 0.25) is 11.8 Å². The van der Waals surface area contributed by atoms with Crippen LogP contribution in [0.3, 0.4) is 0 Å². The summed E-state index contributed by atoms with van der Waals surface area (Å²) in [5.41, 5.74) is 0.174. The van der Waals surface area contributed by atoms with E-state index in [2.05, 4.69) is 36.7 Å². The molecular formula is C33H36Cl2FN3O4S. The molecule has 2 amide bonds. The van der Waals surface area contributed by atoms with E-state index in [1.54, 1.807) is 60.3 Å². The van der Waals surface area contributed by atoms with E-state index in [1.807, 2.05) is 6.26 Å². The standard InChI is InChI=1S/C33H36Cl2FN3O4S/c1-32(2,3)17-26-33(21-11-9-18(34)15-24(21)38-31(33)41)27(20-7-6-8-22(35)28(20)36)29(39-26)30(40)37-23-12-10-19(16-25(23)42-4)43-13-14-44-5/h6-12,15-16,26-27,29,39H,13-14,17H2,1-5H3,(H,37,40)(H,38,41)/t26-,27-,29+,33+/m0/s1. The van der Waals surface area contributed by atoms with Crippen LogP contribution in [0.15, 0.2) is 54.6 Å². The van der Waals surface area contributed by atoms with E-state index in [0.29, 0.717) is 46.5 Å². The van der Waals surface area contributed by atoms with Crippen LogP contribution in [-0.2, 0) is 15.0 Å². The molecule has 0 aliphatic carbocycles. The lowest BCUT2D eigenvalue weighted by molar-refractivity contribution is -0.122. The molecule has 3 N–H and O–H groups in total. The number of halogens is 3. The highest BCUT2D eigenvalue weighted by atomic mass is 35.5. The number of carbonyl (C=O) groups excluding carboxylic acids is 2. The maximum absolute atomic E-state index is 16.0. The number of methoxy groups -OCH3 is 1. The number of benzene rings is 3. The number of anilines is 2. The Labute approximate surface area is 271 Å². The zero-order valence-electron chi connectivity index (χ0n) is 25.2. The second-order valence-electron chi connectivity index (χ2n) is 12.3. The molecule has 3 aromatic carbocycles. The van der Waals surface area contributed by atoms with Crippen molar-refractivity contribution in [3.63, 3.8) is 0 Å². The lowest BCUT2D eigenvalue weighted by atomic mass is 9.62. The second kappa shape index (κ2) is 12.8. The highest BCUT2D eigenvalue weighted by molar-refractivity contribution is 7.98. The zero-order chi connectivity index (χ0) is 31.8. The molecule has 1 spiro atoms. The summed E-state index contributed by atoms with van der Waals surface area (Å²) >= 11 is 14.3. The van der Waals surface area contributed by atoms with Crippen molar-refractivity contribution in [2.75, 3.05) is 36.4 Å². The lowest BCUT2D eigenvalue weighted by Crippen LogP contribution is -2.49. The molecular weight excluding hydrogens is 624 g/mol. The number of hydrogen-bond acceptors (Lipinski definition) is 6. The van der Waals surface area contributed by atoms with Crippen LogP contribution in [0, 0.1) is 11.2 Å². The molecule has 0 aromatic heterocycles. The third-order valence-electron chi connectivity index (χ3n) is 8.21. The Bertz CT molecular complexity index is 1580. The molecule has 234 valence electrons. The normalized spacial score (nSPS) is 22.5. The Morgan fingerprint density at radius 1 is 1.14 bits per heavy atom. The molecule has 7 nitrogen and oxygen atoms in total. The number of hydrogen-bond donors (Lipinski definition) is 3. The van der Waals surface area contributed by atoms with E-state index in [1.165, 1.54) is 13.2 Å². The molecule has 5 rings (SSSR count). The van der Waals surface area contributed by atoms with Crippen LogP contribution in [0.2, 0.25) is 10.0 Å². The van der Waals surface area contributed by atoms with Gasteiger partial charge in [0.05, 0.1) is 30.5 Å². The van der Waals surface area contributed by atoms with Gasteiger partial charge < -0.3 is 25.4 Å². The predicted octanol–water partition coefficient (Wildman–Crippen LogP) is 7.27. The van der Waals surface area contributed by atoms with Crippen LogP contribution >= 0.6 is 35.0 Å². The summed E-state index contributed by atoms with van der Waals surface area (Å²) in [6.07, 6.45) is 2.51. The fourth-order valence-corrected chi connectivity index (χ4v) is 7.07. The van der Waals surface area contributed by atoms with Crippen LogP contribution < -0.4 is 25.4 Å². The molecule has 2 heterocycles. The summed E-state index contributed by atoms with van der Waals surface area (Å²) in [5, 5.41) is 9.80. The number of fused-ring (bicyclic) bond motifs is 2. The van der Waals surface area contributed by atoms with Crippen molar-refractivity contribution < 1.29 is 23.5 Å². The van der Waals surface area contributed by atoms with Gasteiger partial charge in [0.1, 0.15) is 22.7 Å². The van der Waals surface area contributed by atoms with Gasteiger partial charge in [-0.15, -0.1) is 0 Å². The maximum Gasteiger partial charge on any atom is 0.242 e. The quantitative estimate of drug-likeness (QED) is 0.209. The average Bonchev–Trinajstić information content (AvgIpc) is 3.44. The largest absolute Gasteiger partial charge is 0.494 e. The zero-order valence-corrected chi connectivity index (χ0v) is 27.6. The lowest BCUT2D eigenvalue weighted by Gasteiger charge is -2.37. The van der Waals surface area contributed by atoms with Crippen molar-refractivity contribution in [1.29, 1.82) is 0 Å². The monoisotopic (exact) mass is 659 g/mol. The average molecular weight is 661 g/mol. The first-order chi connectivity index (χ1) is 20.9. The first-order valence-electron chi connectivity index (χ1n) is 14.3. The summed E-state index contributed by atoms with van der Waals surface area (Å²) in [6.45, 7) is 6.72. The molecule has 0 unspecified atom stereocenters. The van der Waals surface area contributed by atoms with E-state index >= 15 is 4.39 Å². The maximum atomic E-state index is 16.0. The van der Waals surface area contributed by atoms with E-state index in [0.717, 1.165) is 5.75 Å². The topological polar surface area (TPSA) is 88.7 Å². The van der Waals surface area contributed by atoms with Crippen LogP contribution in [-0.4, -0.2) is 49.6 Å². The first kappa shape index (κ1) is 32.4. The molecule has 2 aliphatic rings. The van der Waals surface area contributed by atoms with Crippen molar-refractivity contribution in [1.82, 2.24) is 5.32 Å².